The van der Waals surface area contributed by atoms with E-state index in [2.05, 4.69) is 78.8 Å². The van der Waals surface area contributed by atoms with Crippen LogP contribution in [0.15, 0.2) is 54.7 Å². The molecule has 1 atom stereocenters. The summed E-state index contributed by atoms with van der Waals surface area (Å²) in [6, 6.07) is 17.1. The topological polar surface area (TPSA) is 50.2 Å². The van der Waals surface area contributed by atoms with E-state index in [0.29, 0.717) is 5.92 Å². The molecule has 1 aliphatic rings. The molecular weight excluding hydrogens is 384 g/mol. The third-order valence-corrected chi connectivity index (χ3v) is 6.02. The molecule has 0 aliphatic carbocycles. The van der Waals surface area contributed by atoms with Gasteiger partial charge in [-0.15, -0.1) is 0 Å². The Labute approximate surface area is 185 Å². The Morgan fingerprint density at radius 2 is 1.94 bits per heavy atom. The lowest BCUT2D eigenvalue weighted by atomic mass is 9.97. The van der Waals surface area contributed by atoms with Crippen molar-refractivity contribution in [3.05, 3.63) is 71.4 Å². The molecule has 162 valence electrons. The Morgan fingerprint density at radius 3 is 2.68 bits per heavy atom. The van der Waals surface area contributed by atoms with Gasteiger partial charge in [0.25, 0.3) is 0 Å². The van der Waals surface area contributed by atoms with Crippen molar-refractivity contribution in [1.82, 2.24) is 20.0 Å². The van der Waals surface area contributed by atoms with Crippen molar-refractivity contribution in [2.24, 2.45) is 5.92 Å². The van der Waals surface area contributed by atoms with Crippen molar-refractivity contribution in [3.63, 3.8) is 0 Å². The van der Waals surface area contributed by atoms with E-state index in [1.807, 2.05) is 4.68 Å². The van der Waals surface area contributed by atoms with Crippen LogP contribution in [0.4, 0.5) is 0 Å². The minimum Gasteiger partial charge on any atom is -0.356 e. The quantitative estimate of drug-likeness (QED) is 0.643. The van der Waals surface area contributed by atoms with Crippen LogP contribution in [0.1, 0.15) is 36.5 Å². The van der Waals surface area contributed by atoms with Crippen molar-refractivity contribution in [3.8, 4) is 16.9 Å². The van der Waals surface area contributed by atoms with Crippen LogP contribution in [0.5, 0.6) is 0 Å². The lowest BCUT2D eigenvalue weighted by molar-refractivity contribution is -0.119. The number of hydrogen-bond acceptors (Lipinski definition) is 3. The second-order valence-corrected chi connectivity index (χ2v) is 8.83. The maximum atomic E-state index is 11.3. The fourth-order valence-corrected chi connectivity index (χ4v) is 4.38. The predicted octanol–water partition coefficient (Wildman–Crippen LogP) is 4.50. The van der Waals surface area contributed by atoms with Gasteiger partial charge in [-0.2, -0.15) is 5.10 Å². The fraction of sp³-hybridized carbons (Fsp3) is 0.385. The highest BCUT2D eigenvalue weighted by atomic mass is 16.1. The molecule has 31 heavy (non-hydrogen) atoms. The summed E-state index contributed by atoms with van der Waals surface area (Å²) in [6.07, 6.45) is 4.51. The maximum absolute atomic E-state index is 11.3. The van der Waals surface area contributed by atoms with E-state index in [1.54, 1.807) is 6.92 Å². The Kier molecular flexibility index (Phi) is 6.52. The molecule has 4 rings (SSSR count). The Morgan fingerprint density at radius 1 is 1.13 bits per heavy atom. The highest BCUT2D eigenvalue weighted by Crippen LogP contribution is 2.27. The Balaban J connectivity index is 1.60. The van der Waals surface area contributed by atoms with Crippen LogP contribution in [0, 0.1) is 19.8 Å². The summed E-state index contributed by atoms with van der Waals surface area (Å²) >= 11 is 0. The van der Waals surface area contributed by atoms with E-state index in [4.69, 9.17) is 5.10 Å². The molecule has 0 saturated carbocycles. The smallest absolute Gasteiger partial charge is 0.216 e. The SMILES string of the molecule is CC(=O)NCC1CCCN(Cc2cn(-c3ccc(C)cc3)nc2-c2cccc(C)c2)C1. The maximum Gasteiger partial charge on any atom is 0.216 e. The third kappa shape index (κ3) is 5.42. The summed E-state index contributed by atoms with van der Waals surface area (Å²) in [6.45, 7) is 9.53. The first-order valence-corrected chi connectivity index (χ1v) is 11.2. The number of piperidine rings is 1. The van der Waals surface area contributed by atoms with E-state index < -0.39 is 0 Å². The van der Waals surface area contributed by atoms with Gasteiger partial charge in [0.2, 0.25) is 5.91 Å². The number of aromatic nitrogens is 2. The molecule has 1 aliphatic heterocycles. The molecule has 5 nitrogen and oxygen atoms in total. The molecule has 2 aromatic carbocycles. The van der Waals surface area contributed by atoms with Crippen LogP contribution in [-0.2, 0) is 11.3 Å². The predicted molar refractivity (Wildman–Crippen MR) is 125 cm³/mol. The monoisotopic (exact) mass is 416 g/mol. The normalized spacial score (nSPS) is 16.9. The van der Waals surface area contributed by atoms with Gasteiger partial charge < -0.3 is 5.32 Å². The van der Waals surface area contributed by atoms with Gasteiger partial charge in [0.05, 0.1) is 11.4 Å². The fourth-order valence-electron chi connectivity index (χ4n) is 4.38. The molecule has 1 fully saturated rings. The number of amides is 1. The molecule has 1 saturated heterocycles. The van der Waals surface area contributed by atoms with Crippen molar-refractivity contribution >= 4 is 5.91 Å². The van der Waals surface area contributed by atoms with E-state index in [0.717, 1.165) is 49.5 Å². The summed E-state index contributed by atoms with van der Waals surface area (Å²) in [7, 11) is 0. The van der Waals surface area contributed by atoms with Crippen LogP contribution in [-0.4, -0.2) is 40.2 Å². The molecular formula is C26H32N4O. The lowest BCUT2D eigenvalue weighted by Gasteiger charge is -2.32. The summed E-state index contributed by atoms with van der Waals surface area (Å²) < 4.78 is 2.01. The highest BCUT2D eigenvalue weighted by Gasteiger charge is 2.22. The van der Waals surface area contributed by atoms with E-state index in [1.165, 1.54) is 23.1 Å². The number of likely N-dealkylation sites (tertiary alicyclic amines) is 1. The van der Waals surface area contributed by atoms with Gasteiger partial charge in [-0.3, -0.25) is 9.69 Å². The zero-order chi connectivity index (χ0) is 21.8. The second kappa shape index (κ2) is 9.48. The van der Waals surface area contributed by atoms with Crippen molar-refractivity contribution in [2.75, 3.05) is 19.6 Å². The van der Waals surface area contributed by atoms with Crippen LogP contribution in [0.3, 0.4) is 0 Å². The average Bonchev–Trinajstić information content (AvgIpc) is 3.17. The number of nitrogens with zero attached hydrogens (tertiary/aromatic N) is 3. The minimum atomic E-state index is 0.0539. The number of carbonyl (C=O) groups is 1. The van der Waals surface area contributed by atoms with Gasteiger partial charge in [-0.05, 0) is 57.4 Å². The van der Waals surface area contributed by atoms with Gasteiger partial charge >= 0.3 is 0 Å². The standard InChI is InChI=1S/C26H32N4O/c1-19-9-11-25(12-10-19)30-18-24(26(28-30)23-8-4-6-20(2)14-23)17-29-13-5-7-22(16-29)15-27-21(3)31/h4,6,8-12,14,18,22H,5,7,13,15-17H2,1-3H3,(H,27,31). The molecule has 1 unspecified atom stereocenters. The van der Waals surface area contributed by atoms with E-state index in [9.17, 15) is 4.79 Å². The Hall–Kier alpha value is -2.92. The van der Waals surface area contributed by atoms with Crippen molar-refractivity contribution in [2.45, 2.75) is 40.2 Å². The molecule has 2 heterocycles. The van der Waals surface area contributed by atoms with Gasteiger partial charge in [0, 0.05) is 43.9 Å². The van der Waals surface area contributed by atoms with Crippen molar-refractivity contribution in [1.29, 1.82) is 0 Å². The molecule has 0 spiro atoms. The van der Waals surface area contributed by atoms with Gasteiger partial charge in [0.15, 0.2) is 0 Å². The molecule has 0 radical (unpaired) electrons. The van der Waals surface area contributed by atoms with Gasteiger partial charge in [0.1, 0.15) is 0 Å². The second-order valence-electron chi connectivity index (χ2n) is 8.83. The lowest BCUT2D eigenvalue weighted by Crippen LogP contribution is -2.40. The summed E-state index contributed by atoms with van der Waals surface area (Å²) in [5.74, 6) is 0.561. The molecule has 3 aromatic rings. The molecule has 1 amide bonds. The molecule has 1 N–H and O–H groups in total. The number of benzene rings is 2. The van der Waals surface area contributed by atoms with Gasteiger partial charge in [-0.1, -0.05) is 41.5 Å². The minimum absolute atomic E-state index is 0.0539. The zero-order valence-electron chi connectivity index (χ0n) is 18.8. The number of aryl methyl sites for hydroxylation is 2. The van der Waals surface area contributed by atoms with Crippen LogP contribution in [0.2, 0.25) is 0 Å². The van der Waals surface area contributed by atoms with E-state index >= 15 is 0 Å². The van der Waals surface area contributed by atoms with Crippen LogP contribution in [0.25, 0.3) is 16.9 Å². The number of hydrogen-bond donors (Lipinski definition) is 1. The largest absolute Gasteiger partial charge is 0.356 e. The average molecular weight is 417 g/mol. The van der Waals surface area contributed by atoms with Crippen molar-refractivity contribution < 1.29 is 4.79 Å². The highest BCUT2D eigenvalue weighted by molar-refractivity contribution is 5.72. The zero-order valence-corrected chi connectivity index (χ0v) is 18.8. The van der Waals surface area contributed by atoms with E-state index in [-0.39, 0.29) is 5.91 Å². The van der Waals surface area contributed by atoms with Gasteiger partial charge in [-0.25, -0.2) is 4.68 Å². The molecule has 1 aromatic heterocycles. The first-order valence-electron chi connectivity index (χ1n) is 11.2. The number of carbonyl (C=O) groups excluding carboxylic acids is 1. The third-order valence-electron chi connectivity index (χ3n) is 6.02. The summed E-state index contributed by atoms with van der Waals surface area (Å²) in [4.78, 5) is 13.8. The summed E-state index contributed by atoms with van der Waals surface area (Å²) in [5.41, 5.74) is 7.01. The first-order chi connectivity index (χ1) is 15.0. The summed E-state index contributed by atoms with van der Waals surface area (Å²) in [5, 5.41) is 7.99. The molecule has 5 heteroatoms. The Bertz CT molecular complexity index is 1040. The van der Waals surface area contributed by atoms with Crippen LogP contribution < -0.4 is 5.32 Å². The number of nitrogens with one attached hydrogen (secondary N) is 1. The van der Waals surface area contributed by atoms with Crippen LogP contribution >= 0.6 is 0 Å². The molecule has 0 bridgehead atoms. The number of rotatable bonds is 6. The first kappa shape index (κ1) is 21.3.